The molecule has 0 aromatic carbocycles. The van der Waals surface area contributed by atoms with Crippen LogP contribution in [0.1, 0.15) is 58.8 Å². The fourth-order valence-electron chi connectivity index (χ4n) is 2.75. The van der Waals surface area contributed by atoms with Gasteiger partial charge in [-0.2, -0.15) is 0 Å². The van der Waals surface area contributed by atoms with Crippen LogP contribution in [0.2, 0.25) is 0 Å². The Labute approximate surface area is 92.4 Å². The number of fused-ring (bicyclic) bond motifs is 1. The number of Topliss-reactive ketones (excluding diaryl/α,β-unsaturated/α-hetero) is 1. The first-order valence-corrected chi connectivity index (χ1v) is 6.40. The number of carbonyl (C=O) groups excluding carboxylic acids is 1. The van der Waals surface area contributed by atoms with Crippen LogP contribution in [0.5, 0.6) is 0 Å². The summed E-state index contributed by atoms with van der Waals surface area (Å²) >= 11 is 0. The Morgan fingerprint density at radius 2 is 2.27 bits per heavy atom. The van der Waals surface area contributed by atoms with E-state index in [0.29, 0.717) is 5.78 Å². The van der Waals surface area contributed by atoms with Gasteiger partial charge in [0.25, 0.3) is 0 Å². The summed E-state index contributed by atoms with van der Waals surface area (Å²) in [4.78, 5) is 12.0. The third-order valence-electron chi connectivity index (χ3n) is 3.92. The van der Waals surface area contributed by atoms with Gasteiger partial charge in [-0.25, -0.2) is 0 Å². The van der Waals surface area contributed by atoms with Crippen LogP contribution in [-0.4, -0.2) is 17.5 Å². The van der Waals surface area contributed by atoms with Crippen molar-refractivity contribution in [3.8, 4) is 0 Å². The summed E-state index contributed by atoms with van der Waals surface area (Å²) in [6, 6.07) is 0. The molecule has 86 valence electrons. The van der Waals surface area contributed by atoms with Gasteiger partial charge in [-0.15, -0.1) is 0 Å². The van der Waals surface area contributed by atoms with Gasteiger partial charge in [-0.05, 0) is 31.6 Å². The van der Waals surface area contributed by atoms with Crippen LogP contribution in [0.25, 0.3) is 0 Å². The predicted octanol–water partition coefficient (Wildman–Crippen LogP) is 3.09. The van der Waals surface area contributed by atoms with Crippen LogP contribution in [0.15, 0.2) is 0 Å². The predicted molar refractivity (Wildman–Crippen MR) is 59.8 cm³/mol. The zero-order valence-corrected chi connectivity index (χ0v) is 9.92. The van der Waals surface area contributed by atoms with Gasteiger partial charge < -0.3 is 4.74 Å². The first-order valence-electron chi connectivity index (χ1n) is 6.40. The van der Waals surface area contributed by atoms with E-state index in [1.165, 1.54) is 12.8 Å². The largest absolute Gasteiger partial charge is 0.358 e. The monoisotopic (exact) mass is 210 g/mol. The maximum Gasteiger partial charge on any atom is 0.167 e. The van der Waals surface area contributed by atoms with Gasteiger partial charge in [0.1, 0.15) is 0 Å². The maximum absolute atomic E-state index is 12.0. The Morgan fingerprint density at radius 3 is 2.93 bits per heavy atom. The average molecular weight is 210 g/mol. The highest BCUT2D eigenvalue weighted by Crippen LogP contribution is 2.50. The first kappa shape index (κ1) is 11.1. The van der Waals surface area contributed by atoms with Crippen molar-refractivity contribution in [1.82, 2.24) is 0 Å². The highest BCUT2D eigenvalue weighted by molar-refractivity contribution is 5.90. The van der Waals surface area contributed by atoms with Crippen molar-refractivity contribution in [3.63, 3.8) is 0 Å². The molecule has 1 saturated carbocycles. The average Bonchev–Trinajstić information content (AvgIpc) is 2.93. The third kappa shape index (κ3) is 2.10. The van der Waals surface area contributed by atoms with Crippen molar-refractivity contribution in [2.24, 2.45) is 5.92 Å². The molecule has 0 spiro atoms. The molecule has 2 rings (SSSR count). The van der Waals surface area contributed by atoms with Gasteiger partial charge in [-0.1, -0.05) is 26.7 Å². The molecular formula is C13H22O2. The minimum atomic E-state index is -0.305. The van der Waals surface area contributed by atoms with E-state index in [2.05, 4.69) is 13.8 Å². The fourth-order valence-corrected chi connectivity index (χ4v) is 2.75. The molecule has 0 aromatic rings. The highest BCUT2D eigenvalue weighted by Gasteiger charge is 2.62. The molecule has 0 N–H and O–H groups in total. The molecule has 3 unspecified atom stereocenters. The van der Waals surface area contributed by atoms with Crippen molar-refractivity contribution >= 4 is 5.78 Å². The summed E-state index contributed by atoms with van der Waals surface area (Å²) in [6.07, 6.45) is 7.64. The Bertz CT molecular complexity index is 249. The third-order valence-corrected chi connectivity index (χ3v) is 3.92. The molecule has 1 aliphatic carbocycles. The van der Waals surface area contributed by atoms with Crippen LogP contribution in [0, 0.1) is 5.92 Å². The SMILES string of the molecule is CCCCCC(=O)C12CCC(C)CC1O2. The second-order valence-electron chi connectivity index (χ2n) is 5.26. The van der Waals surface area contributed by atoms with E-state index < -0.39 is 0 Å². The number of unbranched alkanes of at least 4 members (excludes halogenated alkanes) is 2. The van der Waals surface area contributed by atoms with Crippen LogP contribution < -0.4 is 0 Å². The van der Waals surface area contributed by atoms with E-state index in [4.69, 9.17) is 4.74 Å². The molecule has 0 amide bonds. The minimum absolute atomic E-state index is 0.273. The van der Waals surface area contributed by atoms with Gasteiger partial charge >= 0.3 is 0 Å². The zero-order valence-electron chi connectivity index (χ0n) is 9.92. The molecule has 0 radical (unpaired) electrons. The van der Waals surface area contributed by atoms with E-state index in [9.17, 15) is 4.79 Å². The molecule has 0 bridgehead atoms. The quantitative estimate of drug-likeness (QED) is 0.515. The lowest BCUT2D eigenvalue weighted by Gasteiger charge is -2.20. The van der Waals surface area contributed by atoms with Gasteiger partial charge in [0.05, 0.1) is 6.10 Å². The lowest BCUT2D eigenvalue weighted by molar-refractivity contribution is -0.124. The Hall–Kier alpha value is -0.370. The van der Waals surface area contributed by atoms with Gasteiger partial charge in [0, 0.05) is 6.42 Å². The maximum atomic E-state index is 12.0. The van der Waals surface area contributed by atoms with E-state index in [1.807, 2.05) is 0 Å². The standard InChI is InChI=1S/C13H22O2/c1-3-4-5-6-11(14)13-8-7-10(2)9-12(13)15-13/h10,12H,3-9H2,1-2H3. The van der Waals surface area contributed by atoms with E-state index in [1.54, 1.807) is 0 Å². The highest BCUT2D eigenvalue weighted by atomic mass is 16.6. The Balaban J connectivity index is 1.82. The van der Waals surface area contributed by atoms with Crippen LogP contribution in [-0.2, 0) is 9.53 Å². The van der Waals surface area contributed by atoms with Crippen LogP contribution in [0.3, 0.4) is 0 Å². The van der Waals surface area contributed by atoms with Gasteiger partial charge in [-0.3, -0.25) is 4.79 Å². The second-order valence-corrected chi connectivity index (χ2v) is 5.26. The van der Waals surface area contributed by atoms with Gasteiger partial charge in [0.15, 0.2) is 11.4 Å². The van der Waals surface area contributed by atoms with E-state index >= 15 is 0 Å². The van der Waals surface area contributed by atoms with E-state index in [0.717, 1.165) is 38.0 Å². The van der Waals surface area contributed by atoms with Gasteiger partial charge in [0.2, 0.25) is 0 Å². The molecule has 1 saturated heterocycles. The van der Waals surface area contributed by atoms with Crippen molar-refractivity contribution < 1.29 is 9.53 Å². The van der Waals surface area contributed by atoms with Crippen LogP contribution in [0.4, 0.5) is 0 Å². The van der Waals surface area contributed by atoms with Crippen molar-refractivity contribution in [1.29, 1.82) is 0 Å². The summed E-state index contributed by atoms with van der Waals surface area (Å²) in [5, 5.41) is 0. The Kier molecular flexibility index (Phi) is 3.15. The summed E-state index contributed by atoms with van der Waals surface area (Å²) in [6.45, 7) is 4.43. The van der Waals surface area contributed by atoms with Crippen LogP contribution >= 0.6 is 0 Å². The molecule has 2 fully saturated rings. The molecule has 0 aromatic heterocycles. The lowest BCUT2D eigenvalue weighted by Crippen LogP contribution is -2.31. The number of ketones is 1. The number of epoxide rings is 1. The Morgan fingerprint density at radius 1 is 1.47 bits per heavy atom. The van der Waals surface area contributed by atoms with Crippen molar-refractivity contribution in [2.45, 2.75) is 70.5 Å². The number of hydrogen-bond acceptors (Lipinski definition) is 2. The van der Waals surface area contributed by atoms with E-state index in [-0.39, 0.29) is 11.7 Å². The lowest BCUT2D eigenvalue weighted by atomic mass is 9.80. The smallest absolute Gasteiger partial charge is 0.167 e. The molecule has 2 heteroatoms. The fraction of sp³-hybridized carbons (Fsp3) is 0.923. The summed E-state index contributed by atoms with van der Waals surface area (Å²) in [5.74, 6) is 1.13. The molecule has 2 nitrogen and oxygen atoms in total. The number of carbonyl (C=O) groups is 1. The minimum Gasteiger partial charge on any atom is -0.358 e. The topological polar surface area (TPSA) is 29.6 Å². The molecule has 2 aliphatic rings. The molecule has 1 aliphatic heterocycles. The summed E-state index contributed by atoms with van der Waals surface area (Å²) < 4.78 is 5.68. The molecule has 15 heavy (non-hydrogen) atoms. The number of ether oxygens (including phenoxy) is 1. The first-order chi connectivity index (χ1) is 7.19. The number of hydrogen-bond donors (Lipinski definition) is 0. The second kappa shape index (κ2) is 4.25. The molecular weight excluding hydrogens is 188 g/mol. The normalized spacial score (nSPS) is 38.5. The number of rotatable bonds is 5. The molecule has 3 atom stereocenters. The zero-order chi connectivity index (χ0) is 10.9. The summed E-state index contributed by atoms with van der Waals surface area (Å²) in [7, 11) is 0. The summed E-state index contributed by atoms with van der Waals surface area (Å²) in [5.41, 5.74) is -0.305. The molecule has 1 heterocycles. The van der Waals surface area contributed by atoms with Crippen molar-refractivity contribution in [2.75, 3.05) is 0 Å². The van der Waals surface area contributed by atoms with Crippen molar-refractivity contribution in [3.05, 3.63) is 0 Å².